The first-order valence-corrected chi connectivity index (χ1v) is 8.34. The lowest BCUT2D eigenvalue weighted by atomic mass is 10.1. The van der Waals surface area contributed by atoms with Crippen LogP contribution in [-0.4, -0.2) is 33.2 Å². The largest absolute Gasteiger partial charge is 0.497 e. The van der Waals surface area contributed by atoms with Crippen molar-refractivity contribution < 1.29 is 4.74 Å². The zero-order valence-electron chi connectivity index (χ0n) is 14.8. The number of methoxy groups -OCH3 is 1. The molecule has 0 unspecified atom stereocenters. The lowest BCUT2D eigenvalue weighted by molar-refractivity contribution is 0.414. The van der Waals surface area contributed by atoms with E-state index in [1.54, 1.807) is 14.2 Å². The molecule has 0 fully saturated rings. The van der Waals surface area contributed by atoms with Crippen LogP contribution in [0.25, 0.3) is 0 Å². The summed E-state index contributed by atoms with van der Waals surface area (Å²) in [4.78, 5) is 4.27. The molecule has 0 saturated heterocycles. The van der Waals surface area contributed by atoms with Gasteiger partial charge in [-0.2, -0.15) is 0 Å². The molecule has 0 bridgehead atoms. The Morgan fingerprint density at radius 3 is 1.83 bits per heavy atom. The number of aryl methyl sites for hydroxylation is 1. The van der Waals surface area contributed by atoms with E-state index in [0.29, 0.717) is 0 Å². The van der Waals surface area contributed by atoms with Crippen LogP contribution in [-0.2, 0) is 12.8 Å². The Bertz CT molecular complexity index is 633. The third kappa shape index (κ3) is 5.95. The number of nitrogens with one attached hydrogen (secondary N) is 2. The molecule has 0 atom stereocenters. The maximum absolute atomic E-state index is 5.17. The monoisotopic (exact) mass is 325 g/mol. The summed E-state index contributed by atoms with van der Waals surface area (Å²) in [5, 5.41) is 6.71. The molecule has 0 spiro atoms. The highest BCUT2D eigenvalue weighted by molar-refractivity contribution is 5.79. The van der Waals surface area contributed by atoms with Crippen molar-refractivity contribution in [2.24, 2.45) is 4.99 Å². The van der Waals surface area contributed by atoms with Gasteiger partial charge in [0, 0.05) is 20.1 Å². The van der Waals surface area contributed by atoms with Gasteiger partial charge in [0.05, 0.1) is 7.11 Å². The average molecular weight is 325 g/mol. The van der Waals surface area contributed by atoms with Gasteiger partial charge in [0.1, 0.15) is 5.75 Å². The van der Waals surface area contributed by atoms with Gasteiger partial charge in [-0.05, 0) is 43.0 Å². The van der Waals surface area contributed by atoms with Gasteiger partial charge >= 0.3 is 0 Å². The minimum Gasteiger partial charge on any atom is -0.497 e. The van der Waals surface area contributed by atoms with E-state index in [2.05, 4.69) is 58.9 Å². The summed E-state index contributed by atoms with van der Waals surface area (Å²) in [5.41, 5.74) is 3.91. The van der Waals surface area contributed by atoms with E-state index in [-0.39, 0.29) is 0 Å². The lowest BCUT2D eigenvalue weighted by Gasteiger charge is -2.12. The molecule has 0 radical (unpaired) electrons. The topological polar surface area (TPSA) is 45.7 Å². The fourth-order valence-electron chi connectivity index (χ4n) is 2.42. The molecule has 0 amide bonds. The Hall–Kier alpha value is -2.49. The van der Waals surface area contributed by atoms with Crippen molar-refractivity contribution in [2.45, 2.75) is 19.8 Å². The minimum absolute atomic E-state index is 0.843. The summed E-state index contributed by atoms with van der Waals surface area (Å²) in [6, 6.07) is 16.8. The highest BCUT2D eigenvalue weighted by Gasteiger charge is 1.99. The number of hydrogen-bond acceptors (Lipinski definition) is 2. The first-order chi connectivity index (χ1) is 11.7. The second-order valence-corrected chi connectivity index (χ2v) is 5.76. The molecule has 2 aromatic carbocycles. The molecule has 4 heteroatoms. The maximum atomic E-state index is 5.17. The summed E-state index contributed by atoms with van der Waals surface area (Å²) in [6.45, 7) is 3.82. The van der Waals surface area contributed by atoms with Crippen molar-refractivity contribution in [1.82, 2.24) is 10.6 Å². The van der Waals surface area contributed by atoms with Crippen molar-refractivity contribution in [2.75, 3.05) is 27.2 Å². The molecule has 0 heterocycles. The summed E-state index contributed by atoms with van der Waals surface area (Å²) in [7, 11) is 3.48. The fourth-order valence-corrected chi connectivity index (χ4v) is 2.42. The number of aliphatic imine (C=N–C) groups is 1. The van der Waals surface area contributed by atoms with Crippen molar-refractivity contribution >= 4 is 5.96 Å². The van der Waals surface area contributed by atoms with Crippen LogP contribution < -0.4 is 15.4 Å². The van der Waals surface area contributed by atoms with Crippen molar-refractivity contribution in [3.8, 4) is 5.75 Å². The fraction of sp³-hybridized carbons (Fsp3) is 0.350. The zero-order chi connectivity index (χ0) is 17.2. The van der Waals surface area contributed by atoms with Crippen LogP contribution in [0.4, 0.5) is 0 Å². The molecule has 0 aliphatic rings. The maximum Gasteiger partial charge on any atom is 0.190 e. The van der Waals surface area contributed by atoms with E-state index in [0.717, 1.165) is 37.6 Å². The normalized spacial score (nSPS) is 11.2. The van der Waals surface area contributed by atoms with Crippen LogP contribution in [0.1, 0.15) is 16.7 Å². The Morgan fingerprint density at radius 1 is 0.875 bits per heavy atom. The summed E-state index contributed by atoms with van der Waals surface area (Å²) in [6.07, 6.45) is 1.93. The van der Waals surface area contributed by atoms with E-state index in [4.69, 9.17) is 4.74 Å². The van der Waals surface area contributed by atoms with Gasteiger partial charge in [-0.3, -0.25) is 4.99 Å². The minimum atomic E-state index is 0.843. The highest BCUT2D eigenvalue weighted by Crippen LogP contribution is 2.11. The van der Waals surface area contributed by atoms with Gasteiger partial charge in [-0.15, -0.1) is 0 Å². The predicted octanol–water partition coefficient (Wildman–Crippen LogP) is 2.95. The van der Waals surface area contributed by atoms with Crippen LogP contribution >= 0.6 is 0 Å². The molecule has 128 valence electrons. The van der Waals surface area contributed by atoms with E-state index >= 15 is 0 Å². The Morgan fingerprint density at radius 2 is 1.38 bits per heavy atom. The van der Waals surface area contributed by atoms with E-state index in [1.165, 1.54) is 16.7 Å². The van der Waals surface area contributed by atoms with Crippen LogP contribution in [0.5, 0.6) is 5.75 Å². The average Bonchev–Trinajstić information content (AvgIpc) is 2.62. The SMILES string of the molecule is CN=C(NCCc1ccc(C)cc1)NCCc1ccc(OC)cc1. The molecule has 0 aliphatic heterocycles. The number of benzene rings is 2. The molecule has 0 saturated carbocycles. The molecule has 2 N–H and O–H groups in total. The third-order valence-electron chi connectivity index (χ3n) is 3.92. The molecule has 4 nitrogen and oxygen atoms in total. The van der Waals surface area contributed by atoms with E-state index in [9.17, 15) is 0 Å². The summed E-state index contributed by atoms with van der Waals surface area (Å²) >= 11 is 0. The Labute approximate surface area is 145 Å². The molecule has 24 heavy (non-hydrogen) atoms. The number of guanidine groups is 1. The first-order valence-electron chi connectivity index (χ1n) is 8.34. The lowest BCUT2D eigenvalue weighted by Crippen LogP contribution is -2.39. The van der Waals surface area contributed by atoms with Gasteiger partial charge in [0.2, 0.25) is 0 Å². The number of nitrogens with zero attached hydrogens (tertiary/aromatic N) is 1. The van der Waals surface area contributed by atoms with Gasteiger partial charge in [0.25, 0.3) is 0 Å². The van der Waals surface area contributed by atoms with Crippen molar-refractivity contribution in [3.63, 3.8) is 0 Å². The van der Waals surface area contributed by atoms with Crippen molar-refractivity contribution in [1.29, 1.82) is 0 Å². The number of rotatable bonds is 7. The van der Waals surface area contributed by atoms with Gasteiger partial charge in [-0.1, -0.05) is 42.0 Å². The third-order valence-corrected chi connectivity index (χ3v) is 3.92. The number of ether oxygens (including phenoxy) is 1. The molecule has 2 aromatic rings. The Kier molecular flexibility index (Phi) is 7.15. The molecule has 0 aliphatic carbocycles. The highest BCUT2D eigenvalue weighted by atomic mass is 16.5. The number of hydrogen-bond donors (Lipinski definition) is 2. The second-order valence-electron chi connectivity index (χ2n) is 5.76. The van der Waals surface area contributed by atoms with Crippen molar-refractivity contribution in [3.05, 3.63) is 65.2 Å². The summed E-state index contributed by atoms with van der Waals surface area (Å²) < 4.78 is 5.17. The van der Waals surface area contributed by atoms with E-state index < -0.39 is 0 Å². The molecule has 2 rings (SSSR count). The zero-order valence-corrected chi connectivity index (χ0v) is 14.8. The molecule has 0 aromatic heterocycles. The van der Waals surface area contributed by atoms with Crippen LogP contribution in [0.2, 0.25) is 0 Å². The van der Waals surface area contributed by atoms with Gasteiger partial charge < -0.3 is 15.4 Å². The quantitative estimate of drug-likeness (QED) is 0.608. The van der Waals surface area contributed by atoms with Crippen LogP contribution in [0.15, 0.2) is 53.5 Å². The predicted molar refractivity (Wildman–Crippen MR) is 101 cm³/mol. The smallest absolute Gasteiger partial charge is 0.190 e. The van der Waals surface area contributed by atoms with Crippen LogP contribution in [0.3, 0.4) is 0 Å². The van der Waals surface area contributed by atoms with Gasteiger partial charge in [-0.25, -0.2) is 0 Å². The van der Waals surface area contributed by atoms with Crippen LogP contribution in [0, 0.1) is 6.92 Å². The second kappa shape index (κ2) is 9.60. The first kappa shape index (κ1) is 17.9. The molecular weight excluding hydrogens is 298 g/mol. The Balaban J connectivity index is 1.69. The van der Waals surface area contributed by atoms with Gasteiger partial charge in [0.15, 0.2) is 5.96 Å². The molecular formula is C20H27N3O. The van der Waals surface area contributed by atoms with E-state index in [1.807, 2.05) is 12.1 Å². The summed E-state index contributed by atoms with van der Waals surface area (Å²) in [5.74, 6) is 1.73. The standard InChI is InChI=1S/C20H27N3O/c1-16-4-6-17(7-5-16)12-14-22-20(21-2)23-15-13-18-8-10-19(24-3)11-9-18/h4-11H,12-15H2,1-3H3,(H2,21,22,23).